The first-order chi connectivity index (χ1) is 15.5. The van der Waals surface area contributed by atoms with Gasteiger partial charge in [-0.25, -0.2) is 12.8 Å². The summed E-state index contributed by atoms with van der Waals surface area (Å²) in [5.41, 5.74) is 1.54. The molecule has 3 heterocycles. The minimum atomic E-state index is -3.70. The Kier molecular flexibility index (Phi) is 5.71. The van der Waals surface area contributed by atoms with E-state index >= 15 is 0 Å². The van der Waals surface area contributed by atoms with E-state index in [1.54, 1.807) is 28.6 Å². The molecule has 2 fully saturated rings. The van der Waals surface area contributed by atoms with E-state index in [0.717, 1.165) is 5.69 Å². The first-order valence-electron chi connectivity index (χ1n) is 11.1. The Hall–Kier alpha value is -2.04. The van der Waals surface area contributed by atoms with E-state index in [1.165, 1.54) is 12.1 Å². The third-order valence-electron chi connectivity index (χ3n) is 6.47. The highest BCUT2D eigenvalue weighted by Gasteiger charge is 2.59. The molecule has 3 aliphatic heterocycles. The Balaban J connectivity index is 1.50. The molecule has 0 amide bonds. The summed E-state index contributed by atoms with van der Waals surface area (Å²) in [6.45, 7) is 5.85. The van der Waals surface area contributed by atoms with Crippen LogP contribution in [0.2, 0.25) is 0 Å². The van der Waals surface area contributed by atoms with Crippen LogP contribution in [0.15, 0.2) is 53.4 Å². The third kappa shape index (κ3) is 3.43. The van der Waals surface area contributed by atoms with Crippen molar-refractivity contribution < 1.29 is 22.3 Å². The second-order valence-electron chi connectivity index (χ2n) is 8.35. The van der Waals surface area contributed by atoms with Gasteiger partial charge in [0.15, 0.2) is 0 Å². The lowest BCUT2D eigenvalue weighted by molar-refractivity contribution is -0.241. The highest BCUT2D eigenvalue weighted by molar-refractivity contribution is 7.89. The van der Waals surface area contributed by atoms with Crippen molar-refractivity contribution in [3.05, 3.63) is 59.9 Å². The predicted molar refractivity (Wildman–Crippen MR) is 118 cm³/mol. The van der Waals surface area contributed by atoms with Gasteiger partial charge in [-0.3, -0.25) is 4.90 Å². The molecule has 0 bridgehead atoms. The van der Waals surface area contributed by atoms with Gasteiger partial charge in [-0.05, 0) is 36.8 Å². The van der Waals surface area contributed by atoms with Gasteiger partial charge in [-0.2, -0.15) is 4.31 Å². The van der Waals surface area contributed by atoms with Crippen molar-refractivity contribution in [3.8, 4) is 0 Å². The molecular formula is C23H28FN3O4S. The number of rotatable bonds is 4. The molecule has 1 spiro atoms. The molecule has 2 aromatic carbocycles. The Bertz CT molecular complexity index is 1060. The molecule has 5 rings (SSSR count). The van der Waals surface area contributed by atoms with Gasteiger partial charge in [0.25, 0.3) is 0 Å². The highest BCUT2D eigenvalue weighted by atomic mass is 32.2. The van der Waals surface area contributed by atoms with Gasteiger partial charge in [-0.1, -0.05) is 25.1 Å². The van der Waals surface area contributed by atoms with Crippen molar-refractivity contribution in [1.82, 2.24) is 9.21 Å². The molecule has 7 nitrogen and oxygen atoms in total. The number of piperazine rings is 1. The number of nitrogens with zero attached hydrogens (tertiary/aromatic N) is 3. The standard InChI is InChI=1S/C23H28FN3O4S/c1-2-11-27-22(26-14-12-25(13-15-26)19-9-7-18(24)8-10-19)23(30-16-17-31-23)20-5-3-4-6-21(20)32(27,28)29/h3-10,22H,2,11-17H2,1H3. The number of hydrogen-bond acceptors (Lipinski definition) is 6. The van der Waals surface area contributed by atoms with Crippen LogP contribution in [0.1, 0.15) is 18.9 Å². The zero-order valence-corrected chi connectivity index (χ0v) is 18.9. The van der Waals surface area contributed by atoms with Crippen molar-refractivity contribution in [3.63, 3.8) is 0 Å². The Morgan fingerprint density at radius 1 is 1.00 bits per heavy atom. The zero-order chi connectivity index (χ0) is 22.3. The van der Waals surface area contributed by atoms with Gasteiger partial charge >= 0.3 is 0 Å². The maximum atomic E-state index is 13.6. The van der Waals surface area contributed by atoms with Gasteiger partial charge < -0.3 is 14.4 Å². The summed E-state index contributed by atoms with van der Waals surface area (Å²) in [5.74, 6) is -1.40. The fourth-order valence-corrected chi connectivity index (χ4v) is 7.01. The average molecular weight is 462 g/mol. The first-order valence-corrected chi connectivity index (χ1v) is 12.6. The fraction of sp³-hybridized carbons (Fsp3) is 0.478. The highest BCUT2D eigenvalue weighted by Crippen LogP contribution is 2.47. The van der Waals surface area contributed by atoms with E-state index in [2.05, 4.69) is 9.80 Å². The largest absolute Gasteiger partial charge is 0.369 e. The lowest BCUT2D eigenvalue weighted by Crippen LogP contribution is -2.67. The maximum absolute atomic E-state index is 13.6. The third-order valence-corrected chi connectivity index (χ3v) is 8.39. The maximum Gasteiger partial charge on any atom is 0.245 e. The molecule has 0 aliphatic carbocycles. The zero-order valence-electron chi connectivity index (χ0n) is 18.1. The Morgan fingerprint density at radius 2 is 1.66 bits per heavy atom. The second kappa shape index (κ2) is 8.39. The fourth-order valence-electron chi connectivity index (χ4n) is 5.06. The molecule has 0 N–H and O–H groups in total. The molecule has 0 saturated carbocycles. The summed E-state index contributed by atoms with van der Waals surface area (Å²) in [7, 11) is -3.70. The van der Waals surface area contributed by atoms with Gasteiger partial charge in [-0.15, -0.1) is 0 Å². The Labute approximate surface area is 188 Å². The molecule has 2 saturated heterocycles. The second-order valence-corrected chi connectivity index (χ2v) is 10.2. The number of sulfonamides is 1. The number of halogens is 1. The molecule has 1 unspecified atom stereocenters. The van der Waals surface area contributed by atoms with Crippen molar-refractivity contribution in [2.24, 2.45) is 0 Å². The summed E-state index contributed by atoms with van der Waals surface area (Å²) in [6, 6.07) is 13.5. The quantitative estimate of drug-likeness (QED) is 0.698. The van der Waals surface area contributed by atoms with E-state index in [9.17, 15) is 12.8 Å². The topological polar surface area (TPSA) is 62.3 Å². The van der Waals surface area contributed by atoms with Crippen molar-refractivity contribution >= 4 is 15.7 Å². The van der Waals surface area contributed by atoms with E-state index in [-0.39, 0.29) is 10.7 Å². The normalized spacial score (nSPS) is 25.2. The van der Waals surface area contributed by atoms with E-state index in [0.29, 0.717) is 57.9 Å². The summed E-state index contributed by atoms with van der Waals surface area (Å²) in [5, 5.41) is 0. The van der Waals surface area contributed by atoms with Crippen molar-refractivity contribution in [2.45, 2.75) is 30.2 Å². The van der Waals surface area contributed by atoms with E-state index in [4.69, 9.17) is 9.47 Å². The number of hydrogen-bond donors (Lipinski definition) is 0. The van der Waals surface area contributed by atoms with Crippen molar-refractivity contribution in [1.29, 1.82) is 0 Å². The van der Waals surface area contributed by atoms with E-state index in [1.807, 2.05) is 19.1 Å². The summed E-state index contributed by atoms with van der Waals surface area (Å²) in [6.07, 6.45) is 0.101. The van der Waals surface area contributed by atoms with Gasteiger partial charge in [0, 0.05) is 44.0 Å². The van der Waals surface area contributed by atoms with Crippen LogP contribution in [0.25, 0.3) is 0 Å². The molecule has 0 aromatic heterocycles. The lowest BCUT2D eigenvalue weighted by Gasteiger charge is -2.52. The molecule has 1 atom stereocenters. The number of anilines is 1. The van der Waals surface area contributed by atoms with Crippen LogP contribution in [0.4, 0.5) is 10.1 Å². The first kappa shape index (κ1) is 21.8. The predicted octanol–water partition coefficient (Wildman–Crippen LogP) is 2.59. The van der Waals surface area contributed by atoms with Crippen LogP contribution >= 0.6 is 0 Å². The lowest BCUT2D eigenvalue weighted by atomic mass is 10.00. The van der Waals surface area contributed by atoms with Crippen LogP contribution in [0, 0.1) is 5.82 Å². The van der Waals surface area contributed by atoms with Crippen LogP contribution in [0.3, 0.4) is 0 Å². The van der Waals surface area contributed by atoms with Gasteiger partial charge in [0.1, 0.15) is 12.0 Å². The number of ether oxygens (including phenoxy) is 2. The minimum absolute atomic E-state index is 0.258. The number of benzene rings is 2. The van der Waals surface area contributed by atoms with Crippen molar-refractivity contribution in [2.75, 3.05) is 50.8 Å². The molecule has 2 aromatic rings. The SMILES string of the molecule is CCCN1C(N2CCN(c3ccc(F)cc3)CC2)C2(OCCO2)c2ccccc2S1(=O)=O. The summed E-state index contributed by atoms with van der Waals surface area (Å²) < 4.78 is 54.7. The summed E-state index contributed by atoms with van der Waals surface area (Å²) in [4.78, 5) is 4.61. The minimum Gasteiger partial charge on any atom is -0.369 e. The van der Waals surface area contributed by atoms with Crippen LogP contribution in [-0.4, -0.2) is 69.7 Å². The van der Waals surface area contributed by atoms with Crippen LogP contribution in [-0.2, 0) is 25.3 Å². The molecule has 0 radical (unpaired) electrons. The molecule has 172 valence electrons. The van der Waals surface area contributed by atoms with E-state index < -0.39 is 22.0 Å². The summed E-state index contributed by atoms with van der Waals surface area (Å²) >= 11 is 0. The average Bonchev–Trinajstić information content (AvgIpc) is 3.29. The molecule has 3 aliphatic rings. The van der Waals surface area contributed by atoms with Gasteiger partial charge in [0.2, 0.25) is 15.8 Å². The molecular weight excluding hydrogens is 433 g/mol. The monoisotopic (exact) mass is 461 g/mol. The smallest absolute Gasteiger partial charge is 0.245 e. The Morgan fingerprint density at radius 3 is 2.31 bits per heavy atom. The number of fused-ring (bicyclic) bond motifs is 2. The molecule has 9 heteroatoms. The molecule has 32 heavy (non-hydrogen) atoms. The van der Waals surface area contributed by atoms with Crippen LogP contribution in [0.5, 0.6) is 0 Å². The van der Waals surface area contributed by atoms with Crippen LogP contribution < -0.4 is 4.90 Å². The van der Waals surface area contributed by atoms with Gasteiger partial charge in [0.05, 0.1) is 18.1 Å².